The average molecular weight is 715 g/mol. The van der Waals surface area contributed by atoms with Crippen LogP contribution < -0.4 is 0 Å². The van der Waals surface area contributed by atoms with E-state index in [4.69, 9.17) is 9.97 Å². The van der Waals surface area contributed by atoms with Crippen molar-refractivity contribution in [1.82, 2.24) is 19.1 Å². The molecule has 4 heteroatoms. The highest BCUT2D eigenvalue weighted by Gasteiger charge is 2.19. The second-order valence-electron chi connectivity index (χ2n) is 14.2. The fourth-order valence-corrected chi connectivity index (χ4v) is 8.36. The summed E-state index contributed by atoms with van der Waals surface area (Å²) in [6.07, 6.45) is 0. The van der Waals surface area contributed by atoms with Crippen LogP contribution in [-0.4, -0.2) is 19.1 Å². The number of para-hydroxylation sites is 3. The molecule has 0 aliphatic carbocycles. The molecule has 3 heterocycles. The second-order valence-corrected chi connectivity index (χ2v) is 14.2. The Morgan fingerprint density at radius 3 is 1.43 bits per heavy atom. The van der Waals surface area contributed by atoms with Crippen LogP contribution in [0.1, 0.15) is 0 Å². The molecule has 3 aromatic heterocycles. The van der Waals surface area contributed by atoms with Crippen LogP contribution in [0.5, 0.6) is 0 Å². The molecule has 0 fully saturated rings. The van der Waals surface area contributed by atoms with Gasteiger partial charge in [-0.15, -0.1) is 0 Å². The van der Waals surface area contributed by atoms with Crippen LogP contribution in [0.15, 0.2) is 206 Å². The smallest absolute Gasteiger partial charge is 0.162 e. The van der Waals surface area contributed by atoms with Crippen LogP contribution in [0.3, 0.4) is 0 Å². The van der Waals surface area contributed by atoms with E-state index in [9.17, 15) is 0 Å². The van der Waals surface area contributed by atoms with E-state index in [2.05, 4.69) is 191 Å². The minimum atomic E-state index is 0.698. The molecule has 8 aromatic carbocycles. The topological polar surface area (TPSA) is 35.6 Å². The first-order chi connectivity index (χ1) is 27.8. The highest BCUT2D eigenvalue weighted by Crippen LogP contribution is 2.40. The molecule has 4 nitrogen and oxygen atoms in total. The third-order valence-electron chi connectivity index (χ3n) is 11.0. The number of aromatic nitrogens is 4. The number of hydrogen-bond donors (Lipinski definition) is 0. The predicted octanol–water partition coefficient (Wildman–Crippen LogP) is 13.3. The third-order valence-corrected chi connectivity index (χ3v) is 11.0. The van der Waals surface area contributed by atoms with Crippen LogP contribution in [-0.2, 0) is 0 Å². The lowest BCUT2D eigenvalue weighted by Gasteiger charge is -2.14. The first kappa shape index (κ1) is 31.9. The van der Waals surface area contributed by atoms with Crippen molar-refractivity contribution >= 4 is 43.6 Å². The average Bonchev–Trinajstić information content (AvgIpc) is 3.79. The van der Waals surface area contributed by atoms with E-state index >= 15 is 0 Å². The van der Waals surface area contributed by atoms with Crippen molar-refractivity contribution in [3.63, 3.8) is 0 Å². The number of benzene rings is 8. The zero-order valence-electron chi connectivity index (χ0n) is 30.4. The normalized spacial score (nSPS) is 11.6. The Labute approximate surface area is 324 Å². The maximum Gasteiger partial charge on any atom is 0.162 e. The molecule has 11 aromatic rings. The molecule has 56 heavy (non-hydrogen) atoms. The van der Waals surface area contributed by atoms with Gasteiger partial charge < -0.3 is 4.57 Å². The quantitative estimate of drug-likeness (QED) is 0.172. The van der Waals surface area contributed by atoms with E-state index in [-0.39, 0.29) is 0 Å². The van der Waals surface area contributed by atoms with E-state index in [0.717, 1.165) is 33.7 Å². The summed E-state index contributed by atoms with van der Waals surface area (Å²) < 4.78 is 4.71. The maximum absolute atomic E-state index is 5.22. The van der Waals surface area contributed by atoms with E-state index in [1.807, 2.05) is 24.3 Å². The maximum atomic E-state index is 5.22. The summed E-state index contributed by atoms with van der Waals surface area (Å²) in [4.78, 5) is 10.3. The van der Waals surface area contributed by atoms with Crippen molar-refractivity contribution in [3.05, 3.63) is 206 Å². The first-order valence-corrected chi connectivity index (χ1v) is 19.0. The fraction of sp³-hybridized carbons (Fsp3) is 0. The van der Waals surface area contributed by atoms with Gasteiger partial charge in [0.05, 0.1) is 33.4 Å². The van der Waals surface area contributed by atoms with Gasteiger partial charge in [-0.25, -0.2) is 9.97 Å². The zero-order valence-corrected chi connectivity index (χ0v) is 30.4. The summed E-state index contributed by atoms with van der Waals surface area (Å²) in [6.45, 7) is 0. The lowest BCUT2D eigenvalue weighted by Crippen LogP contribution is -2.02. The molecule has 0 saturated heterocycles. The minimum absolute atomic E-state index is 0.698. The molecule has 0 bridgehead atoms. The lowest BCUT2D eigenvalue weighted by atomic mass is 10.0. The molecule has 0 aliphatic rings. The van der Waals surface area contributed by atoms with Gasteiger partial charge in [-0.05, 0) is 59.2 Å². The van der Waals surface area contributed by atoms with Gasteiger partial charge in [-0.3, -0.25) is 4.57 Å². The predicted molar refractivity (Wildman–Crippen MR) is 232 cm³/mol. The van der Waals surface area contributed by atoms with Crippen LogP contribution in [0.4, 0.5) is 0 Å². The molecule has 0 atom stereocenters. The van der Waals surface area contributed by atoms with Gasteiger partial charge in [0.25, 0.3) is 0 Å². The van der Waals surface area contributed by atoms with Crippen molar-refractivity contribution in [2.45, 2.75) is 0 Å². The fourth-order valence-electron chi connectivity index (χ4n) is 8.36. The van der Waals surface area contributed by atoms with E-state index in [0.29, 0.717) is 5.82 Å². The molecule has 0 saturated carbocycles. The standard InChI is InChI=1S/C52H34N4/c1-4-16-35(17-5-1)40-22-10-13-25-46(40)55-47-26-14-11-23-41(47)43-32-38(28-30-49(43)55)39-29-31-50-44(33-39)42-24-12-15-27-48(42)56(50)51-34-45(36-18-6-2-7-19-36)53-52(54-51)37-20-8-3-9-21-37/h1-34H. The molecule has 0 spiro atoms. The molecule has 11 rings (SSSR count). The summed E-state index contributed by atoms with van der Waals surface area (Å²) in [5, 5.41) is 4.82. The minimum Gasteiger partial charge on any atom is -0.309 e. The Kier molecular flexibility index (Phi) is 7.46. The van der Waals surface area contributed by atoms with Crippen LogP contribution in [0.25, 0.3) is 100 Å². The molecular formula is C52H34N4. The summed E-state index contributed by atoms with van der Waals surface area (Å²) in [6, 6.07) is 73.2. The van der Waals surface area contributed by atoms with Crippen molar-refractivity contribution in [2.75, 3.05) is 0 Å². The summed E-state index contributed by atoms with van der Waals surface area (Å²) >= 11 is 0. The van der Waals surface area contributed by atoms with Crippen LogP contribution in [0, 0.1) is 0 Å². The SMILES string of the molecule is c1ccc(-c2cc(-n3c4ccccc4c4cc(-c5ccc6c(c5)c5ccccc5n6-c5ccccc5-c5ccccc5)ccc43)nc(-c3ccccc3)n2)cc1. The summed E-state index contributed by atoms with van der Waals surface area (Å²) in [5.41, 5.74) is 13.4. The Bertz CT molecular complexity index is 3170. The Balaban J connectivity index is 1.09. The van der Waals surface area contributed by atoms with E-state index in [1.54, 1.807) is 0 Å². The van der Waals surface area contributed by atoms with Crippen molar-refractivity contribution in [2.24, 2.45) is 0 Å². The third kappa shape index (κ3) is 5.23. The highest BCUT2D eigenvalue weighted by molar-refractivity contribution is 6.13. The van der Waals surface area contributed by atoms with Gasteiger partial charge in [-0.2, -0.15) is 0 Å². The van der Waals surface area contributed by atoms with Crippen molar-refractivity contribution < 1.29 is 0 Å². The Hall–Kier alpha value is -7.56. The lowest BCUT2D eigenvalue weighted by molar-refractivity contribution is 1.05. The molecular weight excluding hydrogens is 681 g/mol. The molecule has 0 unspecified atom stereocenters. The Morgan fingerprint density at radius 1 is 0.304 bits per heavy atom. The van der Waals surface area contributed by atoms with Crippen molar-refractivity contribution in [3.8, 4) is 56.4 Å². The van der Waals surface area contributed by atoms with E-state index < -0.39 is 0 Å². The van der Waals surface area contributed by atoms with Crippen LogP contribution >= 0.6 is 0 Å². The molecule has 0 aliphatic heterocycles. The van der Waals surface area contributed by atoms with Gasteiger partial charge in [0.15, 0.2) is 5.82 Å². The van der Waals surface area contributed by atoms with Crippen LogP contribution in [0.2, 0.25) is 0 Å². The van der Waals surface area contributed by atoms with Gasteiger partial charge >= 0.3 is 0 Å². The Morgan fingerprint density at radius 2 is 0.786 bits per heavy atom. The van der Waals surface area contributed by atoms with E-state index in [1.165, 1.54) is 60.5 Å². The number of nitrogens with zero attached hydrogens (tertiary/aromatic N) is 4. The molecule has 0 N–H and O–H groups in total. The molecule has 0 radical (unpaired) electrons. The zero-order chi connectivity index (χ0) is 37.0. The monoisotopic (exact) mass is 714 g/mol. The van der Waals surface area contributed by atoms with Gasteiger partial charge in [0, 0.05) is 44.3 Å². The second kappa shape index (κ2) is 13.1. The van der Waals surface area contributed by atoms with Gasteiger partial charge in [0.1, 0.15) is 5.82 Å². The summed E-state index contributed by atoms with van der Waals surface area (Å²) in [7, 11) is 0. The summed E-state index contributed by atoms with van der Waals surface area (Å²) in [5.74, 6) is 1.53. The molecule has 262 valence electrons. The van der Waals surface area contributed by atoms with Gasteiger partial charge in [-0.1, -0.05) is 158 Å². The first-order valence-electron chi connectivity index (χ1n) is 19.0. The number of fused-ring (bicyclic) bond motifs is 6. The number of rotatable bonds is 6. The highest BCUT2D eigenvalue weighted by atomic mass is 15.1. The van der Waals surface area contributed by atoms with Gasteiger partial charge in [0.2, 0.25) is 0 Å². The van der Waals surface area contributed by atoms with Crippen molar-refractivity contribution in [1.29, 1.82) is 0 Å². The number of hydrogen-bond acceptors (Lipinski definition) is 2. The molecule has 0 amide bonds. The largest absolute Gasteiger partial charge is 0.309 e.